The Morgan fingerprint density at radius 1 is 1.56 bits per heavy atom. The SMILES string of the molecule is CCN(Cc1ccc(Br)cc1Cl)CC(C)C(=O)O. The van der Waals surface area contributed by atoms with Gasteiger partial charge in [-0.15, -0.1) is 0 Å². The van der Waals surface area contributed by atoms with Gasteiger partial charge in [0.2, 0.25) is 0 Å². The first-order valence-electron chi connectivity index (χ1n) is 5.83. The van der Waals surface area contributed by atoms with E-state index in [0.29, 0.717) is 18.1 Å². The first kappa shape index (κ1) is 15.5. The van der Waals surface area contributed by atoms with Gasteiger partial charge in [-0.2, -0.15) is 0 Å². The summed E-state index contributed by atoms with van der Waals surface area (Å²) in [5.41, 5.74) is 1.01. The fourth-order valence-corrected chi connectivity index (χ4v) is 2.39. The van der Waals surface area contributed by atoms with Crippen LogP contribution >= 0.6 is 27.5 Å². The molecule has 0 bridgehead atoms. The van der Waals surface area contributed by atoms with Crippen molar-refractivity contribution in [3.05, 3.63) is 33.3 Å². The summed E-state index contributed by atoms with van der Waals surface area (Å²) in [7, 11) is 0. The summed E-state index contributed by atoms with van der Waals surface area (Å²) in [6.07, 6.45) is 0. The van der Waals surface area contributed by atoms with Crippen LogP contribution in [0.4, 0.5) is 0 Å². The third kappa shape index (κ3) is 4.59. The topological polar surface area (TPSA) is 40.5 Å². The van der Waals surface area contributed by atoms with Crippen LogP contribution in [0.15, 0.2) is 22.7 Å². The van der Waals surface area contributed by atoms with Gasteiger partial charge in [0.1, 0.15) is 0 Å². The minimum absolute atomic E-state index is 0.376. The van der Waals surface area contributed by atoms with Crippen LogP contribution in [0.5, 0.6) is 0 Å². The highest BCUT2D eigenvalue weighted by Gasteiger charge is 2.16. The number of rotatable bonds is 6. The van der Waals surface area contributed by atoms with E-state index < -0.39 is 5.97 Å². The maximum absolute atomic E-state index is 10.9. The first-order chi connectivity index (χ1) is 8.43. The van der Waals surface area contributed by atoms with Crippen molar-refractivity contribution in [3.8, 4) is 0 Å². The molecule has 1 aromatic carbocycles. The van der Waals surface area contributed by atoms with Crippen molar-refractivity contribution in [1.82, 2.24) is 4.90 Å². The highest BCUT2D eigenvalue weighted by Crippen LogP contribution is 2.22. The summed E-state index contributed by atoms with van der Waals surface area (Å²) >= 11 is 9.52. The number of carbonyl (C=O) groups is 1. The summed E-state index contributed by atoms with van der Waals surface area (Å²) in [5, 5.41) is 9.62. The minimum Gasteiger partial charge on any atom is -0.481 e. The van der Waals surface area contributed by atoms with Gasteiger partial charge in [-0.1, -0.05) is 47.4 Å². The molecule has 0 aliphatic carbocycles. The van der Waals surface area contributed by atoms with Crippen LogP contribution < -0.4 is 0 Å². The van der Waals surface area contributed by atoms with Crippen LogP contribution in [0.25, 0.3) is 0 Å². The van der Waals surface area contributed by atoms with E-state index in [1.165, 1.54) is 0 Å². The lowest BCUT2D eigenvalue weighted by Gasteiger charge is -2.23. The molecule has 1 atom stereocenters. The largest absolute Gasteiger partial charge is 0.481 e. The summed E-state index contributed by atoms with van der Waals surface area (Å²) in [4.78, 5) is 12.9. The molecule has 0 radical (unpaired) electrons. The Hall–Kier alpha value is -0.580. The van der Waals surface area contributed by atoms with Crippen molar-refractivity contribution < 1.29 is 9.90 Å². The molecule has 1 unspecified atom stereocenters. The Morgan fingerprint density at radius 2 is 2.22 bits per heavy atom. The van der Waals surface area contributed by atoms with E-state index in [2.05, 4.69) is 20.8 Å². The van der Waals surface area contributed by atoms with Crippen LogP contribution in [0.3, 0.4) is 0 Å². The molecule has 0 fully saturated rings. The van der Waals surface area contributed by atoms with E-state index in [4.69, 9.17) is 16.7 Å². The molecule has 100 valence electrons. The van der Waals surface area contributed by atoms with Gasteiger partial charge in [0.25, 0.3) is 0 Å². The molecule has 0 saturated heterocycles. The number of carboxylic acids is 1. The second-order valence-corrected chi connectivity index (χ2v) is 5.63. The van der Waals surface area contributed by atoms with Gasteiger partial charge in [-0.3, -0.25) is 9.69 Å². The number of hydrogen-bond acceptors (Lipinski definition) is 2. The first-order valence-corrected chi connectivity index (χ1v) is 7.00. The van der Waals surface area contributed by atoms with E-state index in [0.717, 1.165) is 16.6 Å². The monoisotopic (exact) mass is 333 g/mol. The fourth-order valence-electron chi connectivity index (χ4n) is 1.66. The lowest BCUT2D eigenvalue weighted by Crippen LogP contribution is -2.31. The summed E-state index contributed by atoms with van der Waals surface area (Å²) in [5.74, 6) is -1.14. The molecular weight excluding hydrogens is 318 g/mol. The molecule has 3 nitrogen and oxygen atoms in total. The van der Waals surface area contributed by atoms with Gasteiger partial charge in [-0.05, 0) is 24.2 Å². The van der Waals surface area contributed by atoms with E-state index >= 15 is 0 Å². The van der Waals surface area contributed by atoms with Gasteiger partial charge in [0.05, 0.1) is 5.92 Å². The Bertz CT molecular complexity index is 425. The summed E-state index contributed by atoms with van der Waals surface area (Å²) in [6.45, 7) is 5.72. The van der Waals surface area contributed by atoms with Crippen molar-refractivity contribution >= 4 is 33.5 Å². The Labute approximate surface area is 121 Å². The van der Waals surface area contributed by atoms with Gasteiger partial charge in [0.15, 0.2) is 0 Å². The highest BCUT2D eigenvalue weighted by atomic mass is 79.9. The molecule has 0 aliphatic rings. The lowest BCUT2D eigenvalue weighted by atomic mass is 10.1. The Balaban J connectivity index is 2.70. The molecule has 0 saturated carbocycles. The van der Waals surface area contributed by atoms with Gasteiger partial charge in [-0.25, -0.2) is 0 Å². The number of nitrogens with zero attached hydrogens (tertiary/aromatic N) is 1. The zero-order valence-electron chi connectivity index (χ0n) is 10.5. The number of aliphatic carboxylic acids is 1. The summed E-state index contributed by atoms with van der Waals surface area (Å²) in [6, 6.07) is 5.75. The number of halogens is 2. The zero-order valence-corrected chi connectivity index (χ0v) is 12.8. The molecule has 0 aromatic heterocycles. The second kappa shape index (κ2) is 7.12. The van der Waals surface area contributed by atoms with Crippen LogP contribution in [0.1, 0.15) is 19.4 Å². The maximum Gasteiger partial charge on any atom is 0.307 e. The molecular formula is C13H17BrClNO2. The maximum atomic E-state index is 10.9. The van der Waals surface area contributed by atoms with Crippen LogP contribution in [-0.4, -0.2) is 29.1 Å². The molecule has 0 spiro atoms. The smallest absolute Gasteiger partial charge is 0.307 e. The minimum atomic E-state index is -0.768. The van der Waals surface area contributed by atoms with Crippen molar-refractivity contribution in [2.75, 3.05) is 13.1 Å². The predicted molar refractivity (Wildman–Crippen MR) is 76.9 cm³/mol. The van der Waals surface area contributed by atoms with E-state index in [1.807, 2.05) is 25.1 Å². The normalized spacial score (nSPS) is 12.7. The van der Waals surface area contributed by atoms with Gasteiger partial charge in [0, 0.05) is 22.6 Å². The highest BCUT2D eigenvalue weighted by molar-refractivity contribution is 9.10. The van der Waals surface area contributed by atoms with Crippen molar-refractivity contribution in [1.29, 1.82) is 0 Å². The van der Waals surface area contributed by atoms with Gasteiger partial charge >= 0.3 is 5.97 Å². The Kier molecular flexibility index (Phi) is 6.12. The summed E-state index contributed by atoms with van der Waals surface area (Å²) < 4.78 is 0.943. The number of hydrogen-bond donors (Lipinski definition) is 1. The molecule has 0 heterocycles. The molecule has 1 aromatic rings. The van der Waals surface area contributed by atoms with Gasteiger partial charge < -0.3 is 5.11 Å². The lowest BCUT2D eigenvalue weighted by molar-refractivity contribution is -0.141. The zero-order chi connectivity index (χ0) is 13.7. The average Bonchev–Trinajstić information content (AvgIpc) is 2.31. The van der Waals surface area contributed by atoms with Crippen LogP contribution in [0, 0.1) is 5.92 Å². The molecule has 1 rings (SSSR count). The standard InChI is InChI=1S/C13H17BrClNO2/c1-3-16(7-9(2)13(17)18)8-10-4-5-11(14)6-12(10)15/h4-6,9H,3,7-8H2,1-2H3,(H,17,18). The quantitative estimate of drug-likeness (QED) is 0.863. The van der Waals surface area contributed by atoms with Crippen LogP contribution in [-0.2, 0) is 11.3 Å². The van der Waals surface area contributed by atoms with E-state index in [9.17, 15) is 4.79 Å². The molecule has 0 aliphatic heterocycles. The predicted octanol–water partition coefficient (Wildman–Crippen LogP) is 3.65. The third-order valence-corrected chi connectivity index (χ3v) is 3.66. The molecule has 18 heavy (non-hydrogen) atoms. The van der Waals surface area contributed by atoms with E-state index in [-0.39, 0.29) is 5.92 Å². The number of benzene rings is 1. The van der Waals surface area contributed by atoms with Crippen molar-refractivity contribution in [2.45, 2.75) is 20.4 Å². The molecule has 5 heteroatoms. The Morgan fingerprint density at radius 3 is 2.72 bits per heavy atom. The van der Waals surface area contributed by atoms with Crippen LogP contribution in [0.2, 0.25) is 5.02 Å². The van der Waals surface area contributed by atoms with Crippen molar-refractivity contribution in [2.24, 2.45) is 5.92 Å². The second-order valence-electron chi connectivity index (χ2n) is 4.30. The molecule has 1 N–H and O–H groups in total. The third-order valence-electron chi connectivity index (χ3n) is 2.81. The fraction of sp³-hybridized carbons (Fsp3) is 0.462. The van der Waals surface area contributed by atoms with E-state index in [1.54, 1.807) is 6.92 Å². The van der Waals surface area contributed by atoms with Crippen molar-refractivity contribution in [3.63, 3.8) is 0 Å². The molecule has 0 amide bonds. The average molecular weight is 335 g/mol. The number of carboxylic acid groups (broad SMARTS) is 1.